The number of carbonyl (C=O) groups is 2. The number of carbonyl (C=O) groups excluding carboxylic acids is 1. The predicted molar refractivity (Wildman–Crippen MR) is 83.0 cm³/mol. The van der Waals surface area contributed by atoms with E-state index in [-0.39, 0.29) is 23.8 Å². The largest absolute Gasteiger partial charge is 0.481 e. The van der Waals surface area contributed by atoms with Crippen molar-refractivity contribution in [2.75, 3.05) is 13.1 Å². The number of amides is 1. The molecule has 0 heterocycles. The molecule has 1 aliphatic carbocycles. The van der Waals surface area contributed by atoms with E-state index in [0.717, 1.165) is 32.1 Å². The Balaban J connectivity index is 2.31. The van der Waals surface area contributed by atoms with Crippen molar-refractivity contribution in [2.24, 2.45) is 17.8 Å². The van der Waals surface area contributed by atoms with E-state index in [1.54, 1.807) is 0 Å². The fourth-order valence-electron chi connectivity index (χ4n) is 2.84. The second kappa shape index (κ2) is 9.03. The highest BCUT2D eigenvalue weighted by molar-refractivity contribution is 5.81. The zero-order chi connectivity index (χ0) is 15.8. The molecule has 1 fully saturated rings. The van der Waals surface area contributed by atoms with Crippen molar-refractivity contribution in [3.05, 3.63) is 0 Å². The van der Waals surface area contributed by atoms with Crippen LogP contribution in [-0.2, 0) is 9.59 Å². The molecular weight excluding hydrogens is 268 g/mol. The van der Waals surface area contributed by atoms with Gasteiger partial charge in [-0.25, -0.2) is 0 Å². The van der Waals surface area contributed by atoms with Crippen molar-refractivity contribution in [3.8, 4) is 0 Å². The zero-order valence-electron chi connectivity index (χ0n) is 13.5. The van der Waals surface area contributed by atoms with E-state index in [1.165, 1.54) is 0 Å². The highest BCUT2D eigenvalue weighted by Crippen LogP contribution is 2.29. The summed E-state index contributed by atoms with van der Waals surface area (Å²) in [4.78, 5) is 23.2. The van der Waals surface area contributed by atoms with Gasteiger partial charge in [-0.2, -0.15) is 0 Å². The monoisotopic (exact) mass is 298 g/mol. The second-order valence-electron chi connectivity index (χ2n) is 6.59. The van der Waals surface area contributed by atoms with Gasteiger partial charge in [-0.3, -0.25) is 9.59 Å². The Kier molecular flexibility index (Phi) is 7.72. The molecule has 1 rings (SSSR count). The Labute approximate surface area is 127 Å². The molecule has 5 nitrogen and oxygen atoms in total. The van der Waals surface area contributed by atoms with Crippen molar-refractivity contribution in [1.29, 1.82) is 0 Å². The molecule has 0 bridgehead atoms. The maximum atomic E-state index is 11.9. The first-order valence-corrected chi connectivity index (χ1v) is 8.15. The van der Waals surface area contributed by atoms with Crippen LogP contribution in [0.15, 0.2) is 0 Å². The van der Waals surface area contributed by atoms with E-state index in [0.29, 0.717) is 19.0 Å². The first kappa shape index (κ1) is 18.0. The van der Waals surface area contributed by atoms with Crippen molar-refractivity contribution < 1.29 is 14.7 Å². The lowest BCUT2D eigenvalue weighted by Gasteiger charge is -2.29. The molecule has 0 aromatic rings. The number of carboxylic acid groups (broad SMARTS) is 1. The highest BCUT2D eigenvalue weighted by atomic mass is 16.4. The molecule has 0 radical (unpaired) electrons. The van der Waals surface area contributed by atoms with Crippen LogP contribution in [0.3, 0.4) is 0 Å². The lowest BCUT2D eigenvalue weighted by molar-refractivity contribution is -0.144. The predicted octanol–water partition coefficient (Wildman–Crippen LogP) is 2.02. The number of nitrogens with one attached hydrogen (secondary N) is 2. The van der Waals surface area contributed by atoms with Gasteiger partial charge in [0.25, 0.3) is 0 Å². The van der Waals surface area contributed by atoms with Gasteiger partial charge in [-0.05, 0) is 44.6 Å². The van der Waals surface area contributed by atoms with E-state index in [4.69, 9.17) is 0 Å². The summed E-state index contributed by atoms with van der Waals surface area (Å²) in [5.74, 6) is -0.245. The zero-order valence-corrected chi connectivity index (χ0v) is 13.5. The molecule has 5 heteroatoms. The summed E-state index contributed by atoms with van der Waals surface area (Å²) in [5, 5.41) is 15.4. The Morgan fingerprint density at radius 2 is 1.86 bits per heavy atom. The first-order chi connectivity index (χ1) is 9.91. The Morgan fingerprint density at radius 1 is 1.19 bits per heavy atom. The van der Waals surface area contributed by atoms with Crippen molar-refractivity contribution in [2.45, 2.75) is 58.9 Å². The third-order valence-electron chi connectivity index (χ3n) is 4.33. The standard InChI is InChI=1S/C16H30N2O3/c1-11(2)8-9-17-15(19)12(3)18-10-13-6-4-5-7-14(13)16(20)21/h11-14,18H,4-10H2,1-3H3,(H,17,19)(H,20,21). The van der Waals surface area contributed by atoms with Gasteiger partial charge in [0.2, 0.25) is 5.91 Å². The maximum Gasteiger partial charge on any atom is 0.306 e. The van der Waals surface area contributed by atoms with Crippen molar-refractivity contribution in [1.82, 2.24) is 10.6 Å². The molecule has 122 valence electrons. The van der Waals surface area contributed by atoms with Crippen LogP contribution in [0.5, 0.6) is 0 Å². The van der Waals surface area contributed by atoms with Crippen molar-refractivity contribution in [3.63, 3.8) is 0 Å². The minimum absolute atomic E-state index is 0.00154. The summed E-state index contributed by atoms with van der Waals surface area (Å²) in [5.41, 5.74) is 0. The topological polar surface area (TPSA) is 78.4 Å². The quantitative estimate of drug-likeness (QED) is 0.640. The number of hydrogen-bond acceptors (Lipinski definition) is 3. The van der Waals surface area contributed by atoms with Gasteiger partial charge >= 0.3 is 5.97 Å². The summed E-state index contributed by atoms with van der Waals surface area (Å²) < 4.78 is 0. The molecule has 3 atom stereocenters. The summed E-state index contributed by atoms with van der Waals surface area (Å²) in [7, 11) is 0. The summed E-state index contributed by atoms with van der Waals surface area (Å²) in [6.45, 7) is 7.40. The Hall–Kier alpha value is -1.10. The SMILES string of the molecule is CC(C)CCNC(=O)C(C)NCC1CCCCC1C(=O)O. The van der Waals surface area contributed by atoms with Gasteiger partial charge in [-0.1, -0.05) is 26.7 Å². The van der Waals surface area contributed by atoms with Gasteiger partial charge in [0.05, 0.1) is 12.0 Å². The van der Waals surface area contributed by atoms with Gasteiger partial charge in [0.15, 0.2) is 0 Å². The normalized spacial score (nSPS) is 23.8. The molecule has 1 saturated carbocycles. The lowest BCUT2D eigenvalue weighted by Crippen LogP contribution is -2.46. The third-order valence-corrected chi connectivity index (χ3v) is 4.33. The second-order valence-corrected chi connectivity index (χ2v) is 6.59. The molecule has 0 spiro atoms. The highest BCUT2D eigenvalue weighted by Gasteiger charge is 2.31. The van der Waals surface area contributed by atoms with Crippen LogP contribution in [0, 0.1) is 17.8 Å². The van der Waals surface area contributed by atoms with Crippen molar-refractivity contribution >= 4 is 11.9 Å². The molecule has 0 aromatic carbocycles. The van der Waals surface area contributed by atoms with Gasteiger partial charge in [-0.15, -0.1) is 0 Å². The first-order valence-electron chi connectivity index (χ1n) is 8.15. The molecule has 1 aliphatic rings. The van der Waals surface area contributed by atoms with E-state index >= 15 is 0 Å². The smallest absolute Gasteiger partial charge is 0.306 e. The molecule has 0 saturated heterocycles. The molecule has 1 amide bonds. The fraction of sp³-hybridized carbons (Fsp3) is 0.875. The van der Waals surface area contributed by atoms with Gasteiger partial charge in [0.1, 0.15) is 0 Å². The summed E-state index contributed by atoms with van der Waals surface area (Å²) in [6, 6.07) is -0.270. The average molecular weight is 298 g/mol. The van der Waals surface area contributed by atoms with Gasteiger partial charge < -0.3 is 15.7 Å². The minimum atomic E-state index is -0.699. The van der Waals surface area contributed by atoms with Crippen LogP contribution in [0.2, 0.25) is 0 Å². The number of carboxylic acids is 1. The summed E-state index contributed by atoms with van der Waals surface area (Å²) >= 11 is 0. The van der Waals surface area contributed by atoms with Gasteiger partial charge in [0, 0.05) is 6.54 Å². The molecule has 3 unspecified atom stereocenters. The van der Waals surface area contributed by atoms with E-state index < -0.39 is 5.97 Å². The van der Waals surface area contributed by atoms with Crippen LogP contribution in [-0.4, -0.2) is 36.1 Å². The van der Waals surface area contributed by atoms with Crippen LogP contribution < -0.4 is 10.6 Å². The number of aliphatic carboxylic acids is 1. The summed E-state index contributed by atoms with van der Waals surface area (Å²) in [6.07, 6.45) is 4.76. The fourth-order valence-corrected chi connectivity index (χ4v) is 2.84. The minimum Gasteiger partial charge on any atom is -0.481 e. The lowest BCUT2D eigenvalue weighted by atomic mass is 9.79. The molecule has 3 N–H and O–H groups in total. The van der Waals surface area contributed by atoms with E-state index in [1.807, 2.05) is 6.92 Å². The van der Waals surface area contributed by atoms with Crippen LogP contribution in [0.4, 0.5) is 0 Å². The van der Waals surface area contributed by atoms with E-state index in [2.05, 4.69) is 24.5 Å². The molecule has 0 aliphatic heterocycles. The van der Waals surface area contributed by atoms with Crippen LogP contribution in [0.25, 0.3) is 0 Å². The number of rotatable bonds is 8. The Bertz CT molecular complexity index is 344. The average Bonchev–Trinajstić information content (AvgIpc) is 2.44. The Morgan fingerprint density at radius 3 is 2.48 bits per heavy atom. The maximum absolute atomic E-state index is 11.9. The van der Waals surface area contributed by atoms with E-state index in [9.17, 15) is 14.7 Å². The number of hydrogen-bond donors (Lipinski definition) is 3. The third kappa shape index (κ3) is 6.46. The van der Waals surface area contributed by atoms with Crippen LogP contribution in [0.1, 0.15) is 52.9 Å². The molecule has 0 aromatic heterocycles. The van der Waals surface area contributed by atoms with Crippen LogP contribution >= 0.6 is 0 Å². The molecule has 21 heavy (non-hydrogen) atoms. The molecular formula is C16H30N2O3.